The molecule has 1 aliphatic carbocycles. The molecule has 6 heteroatoms. The van der Waals surface area contributed by atoms with Gasteiger partial charge in [0.15, 0.2) is 0 Å². The summed E-state index contributed by atoms with van der Waals surface area (Å²) in [5.41, 5.74) is 0.0958. The van der Waals surface area contributed by atoms with E-state index >= 15 is 0 Å². The number of hydrogen-bond acceptors (Lipinski definition) is 6. The van der Waals surface area contributed by atoms with Crippen molar-refractivity contribution in [2.75, 3.05) is 7.11 Å². The quantitative estimate of drug-likeness (QED) is 0.261. The highest BCUT2D eigenvalue weighted by atomic mass is 32.1. The van der Waals surface area contributed by atoms with Crippen molar-refractivity contribution in [2.24, 2.45) is 11.8 Å². The lowest BCUT2D eigenvalue weighted by molar-refractivity contribution is -0.169. The number of ether oxygens (including phenoxy) is 2. The van der Waals surface area contributed by atoms with Crippen LogP contribution in [-0.2, 0) is 19.9 Å². The first kappa shape index (κ1) is 24.7. The van der Waals surface area contributed by atoms with Crippen LogP contribution >= 0.6 is 11.3 Å². The van der Waals surface area contributed by atoms with Gasteiger partial charge in [-0.25, -0.2) is 0 Å². The third-order valence-corrected chi connectivity index (χ3v) is 7.75. The average Bonchev–Trinajstić information content (AvgIpc) is 3.48. The molecule has 0 saturated heterocycles. The van der Waals surface area contributed by atoms with Gasteiger partial charge in [-0.3, -0.25) is 9.59 Å². The minimum absolute atomic E-state index is 0.355. The smallest absolute Gasteiger partial charge is 0.321 e. The molecule has 0 saturated carbocycles. The van der Waals surface area contributed by atoms with Crippen molar-refractivity contribution in [3.63, 3.8) is 0 Å². The Morgan fingerprint density at radius 2 is 1.43 bits per heavy atom. The van der Waals surface area contributed by atoms with Crippen LogP contribution in [0.5, 0.6) is 5.75 Å². The maximum Gasteiger partial charge on any atom is 0.321 e. The van der Waals surface area contributed by atoms with Gasteiger partial charge < -0.3 is 14.6 Å². The van der Waals surface area contributed by atoms with E-state index in [9.17, 15) is 14.7 Å². The van der Waals surface area contributed by atoms with Crippen molar-refractivity contribution in [1.82, 2.24) is 0 Å². The van der Waals surface area contributed by atoms with Crippen molar-refractivity contribution in [3.8, 4) is 5.75 Å². The number of aliphatic hydroxyl groups is 1. The molecule has 4 atom stereocenters. The third kappa shape index (κ3) is 4.61. The Balaban J connectivity index is 1.77. The van der Waals surface area contributed by atoms with Gasteiger partial charge in [0.1, 0.15) is 23.2 Å². The standard InChI is InChI=1S/C31H26O5S/c1-35-30(33)28-27(21-12-5-2-6-13-21)24(26-18-11-19-37-26)20-25(29(32)36-23-16-9-4-10-17-23)31(28,34)22-14-7-3-8-15-22/h2-20,25,27-28,34H,1H3/t25-,27-,28-,31-/m1/s1. The number of esters is 2. The number of para-hydroxylation sites is 1. The molecule has 1 aromatic heterocycles. The van der Waals surface area contributed by atoms with Gasteiger partial charge in [-0.15, -0.1) is 11.3 Å². The Morgan fingerprint density at radius 1 is 0.811 bits per heavy atom. The van der Waals surface area contributed by atoms with Crippen LogP contribution in [0, 0.1) is 11.8 Å². The predicted molar refractivity (Wildman–Crippen MR) is 143 cm³/mol. The highest BCUT2D eigenvalue weighted by Crippen LogP contribution is 2.55. The number of allylic oxidation sites excluding steroid dienone is 1. The Hall–Kier alpha value is -4.00. The van der Waals surface area contributed by atoms with Gasteiger partial charge in [-0.1, -0.05) is 91.0 Å². The second-order valence-corrected chi connectivity index (χ2v) is 9.84. The van der Waals surface area contributed by atoms with Crippen molar-refractivity contribution in [1.29, 1.82) is 0 Å². The van der Waals surface area contributed by atoms with Crippen LogP contribution in [0.1, 0.15) is 21.9 Å². The van der Waals surface area contributed by atoms with Gasteiger partial charge in [0.2, 0.25) is 0 Å². The molecule has 186 valence electrons. The van der Waals surface area contributed by atoms with Crippen LogP contribution in [0.25, 0.3) is 5.57 Å². The second kappa shape index (κ2) is 10.5. The first-order chi connectivity index (χ1) is 18.0. The van der Waals surface area contributed by atoms with Crippen LogP contribution in [0.3, 0.4) is 0 Å². The van der Waals surface area contributed by atoms with E-state index in [1.807, 2.05) is 60.0 Å². The maximum absolute atomic E-state index is 13.8. The Labute approximate surface area is 219 Å². The lowest BCUT2D eigenvalue weighted by atomic mass is 9.59. The largest absolute Gasteiger partial charge is 0.469 e. The lowest BCUT2D eigenvalue weighted by Gasteiger charge is -2.46. The molecule has 0 spiro atoms. The van der Waals surface area contributed by atoms with Gasteiger partial charge >= 0.3 is 11.9 Å². The molecule has 4 aromatic rings. The van der Waals surface area contributed by atoms with E-state index in [2.05, 4.69) is 0 Å². The van der Waals surface area contributed by atoms with Crippen LogP contribution in [0.4, 0.5) is 0 Å². The molecule has 5 rings (SSSR count). The van der Waals surface area contributed by atoms with Crippen LogP contribution < -0.4 is 4.74 Å². The van der Waals surface area contributed by atoms with E-state index in [1.165, 1.54) is 18.4 Å². The predicted octanol–water partition coefficient (Wildman–Crippen LogP) is 5.83. The van der Waals surface area contributed by atoms with Crippen molar-refractivity contribution in [2.45, 2.75) is 11.5 Å². The summed E-state index contributed by atoms with van der Waals surface area (Å²) in [5, 5.41) is 14.6. The van der Waals surface area contributed by atoms with E-state index in [-0.39, 0.29) is 0 Å². The Kier molecular flexibility index (Phi) is 7.04. The summed E-state index contributed by atoms with van der Waals surface area (Å²) in [7, 11) is 1.30. The Morgan fingerprint density at radius 3 is 2.03 bits per heavy atom. The molecule has 1 aliphatic rings. The summed E-state index contributed by atoms with van der Waals surface area (Å²) >= 11 is 1.51. The third-order valence-electron chi connectivity index (χ3n) is 6.83. The first-order valence-corrected chi connectivity index (χ1v) is 12.8. The summed E-state index contributed by atoms with van der Waals surface area (Å²) in [6.07, 6.45) is 1.77. The fourth-order valence-corrected chi connectivity index (χ4v) is 5.96. The molecule has 5 nitrogen and oxygen atoms in total. The molecule has 3 aromatic carbocycles. The minimum Gasteiger partial charge on any atom is -0.469 e. The van der Waals surface area contributed by atoms with Crippen molar-refractivity contribution >= 4 is 28.8 Å². The summed E-state index contributed by atoms with van der Waals surface area (Å²) in [5.74, 6) is -3.80. The second-order valence-electron chi connectivity index (χ2n) is 8.89. The fourth-order valence-electron chi connectivity index (χ4n) is 5.17. The van der Waals surface area contributed by atoms with E-state index in [0.717, 1.165) is 16.0 Å². The summed E-state index contributed by atoms with van der Waals surface area (Å²) in [6.45, 7) is 0. The van der Waals surface area contributed by atoms with Gasteiger partial charge in [-0.05, 0) is 40.3 Å². The summed E-state index contributed by atoms with van der Waals surface area (Å²) < 4.78 is 11.0. The molecule has 0 amide bonds. The van der Waals surface area contributed by atoms with E-state index in [0.29, 0.717) is 11.3 Å². The van der Waals surface area contributed by atoms with Crippen molar-refractivity contribution in [3.05, 3.63) is 131 Å². The molecule has 1 heterocycles. The van der Waals surface area contributed by atoms with Gasteiger partial charge in [0.25, 0.3) is 0 Å². The highest BCUT2D eigenvalue weighted by molar-refractivity contribution is 7.11. The van der Waals surface area contributed by atoms with Crippen LogP contribution in [0.2, 0.25) is 0 Å². The molecule has 0 aliphatic heterocycles. The fraction of sp³-hybridized carbons (Fsp3) is 0.161. The molecule has 0 fully saturated rings. The topological polar surface area (TPSA) is 72.8 Å². The zero-order chi connectivity index (χ0) is 25.8. The molecule has 37 heavy (non-hydrogen) atoms. The maximum atomic E-state index is 13.8. The zero-order valence-electron chi connectivity index (χ0n) is 20.2. The number of benzene rings is 3. The van der Waals surface area contributed by atoms with Crippen LogP contribution in [-0.4, -0.2) is 24.2 Å². The minimum atomic E-state index is -1.94. The van der Waals surface area contributed by atoms with E-state index < -0.39 is 35.3 Å². The van der Waals surface area contributed by atoms with Gasteiger partial charge in [-0.2, -0.15) is 0 Å². The molecular weight excluding hydrogens is 484 g/mol. The summed E-state index contributed by atoms with van der Waals surface area (Å²) in [6, 6.07) is 31.0. The number of carbonyl (C=O) groups excluding carboxylic acids is 2. The highest BCUT2D eigenvalue weighted by Gasteiger charge is 2.59. The van der Waals surface area contributed by atoms with Crippen molar-refractivity contribution < 1.29 is 24.2 Å². The number of hydrogen-bond donors (Lipinski definition) is 1. The zero-order valence-corrected chi connectivity index (χ0v) is 21.0. The average molecular weight is 511 g/mol. The number of carbonyl (C=O) groups is 2. The van der Waals surface area contributed by atoms with E-state index in [4.69, 9.17) is 9.47 Å². The number of methoxy groups -OCH3 is 1. The normalized spacial score (nSPS) is 23.1. The summed E-state index contributed by atoms with van der Waals surface area (Å²) in [4.78, 5) is 28.3. The van der Waals surface area contributed by atoms with E-state index in [1.54, 1.807) is 54.6 Å². The molecule has 0 radical (unpaired) electrons. The lowest BCUT2D eigenvalue weighted by Crippen LogP contribution is -2.54. The first-order valence-electron chi connectivity index (χ1n) is 12.0. The Bertz CT molecular complexity index is 1380. The van der Waals surface area contributed by atoms with Gasteiger partial charge in [0, 0.05) is 10.8 Å². The SMILES string of the molecule is COC(=O)[C@H]1[C@H](c2ccccc2)C(c2cccs2)=C[C@H](C(=O)Oc2ccccc2)[C@]1(O)c1ccccc1. The molecule has 0 bridgehead atoms. The monoisotopic (exact) mass is 510 g/mol. The molecule has 0 unspecified atom stereocenters. The van der Waals surface area contributed by atoms with Gasteiger partial charge in [0.05, 0.1) is 7.11 Å². The number of rotatable bonds is 6. The number of thiophene rings is 1. The van der Waals surface area contributed by atoms with Crippen LogP contribution in [0.15, 0.2) is 115 Å². The molecular formula is C31H26O5S. The molecule has 1 N–H and O–H groups in total.